The molecule has 3 N–H and O–H groups in total. The zero-order chi connectivity index (χ0) is 14.5. The van der Waals surface area contributed by atoms with E-state index in [9.17, 15) is 18.7 Å². The Balaban J connectivity index is 1.96. The third-order valence-electron chi connectivity index (χ3n) is 3.66. The van der Waals surface area contributed by atoms with Crippen molar-refractivity contribution in [3.05, 3.63) is 29.8 Å². The van der Waals surface area contributed by atoms with Crippen LogP contribution in [0, 0.1) is 17.6 Å². The van der Waals surface area contributed by atoms with Gasteiger partial charge in [0.05, 0.1) is 5.69 Å². The van der Waals surface area contributed by atoms with Crippen LogP contribution >= 0.6 is 0 Å². The second-order valence-electron chi connectivity index (χ2n) is 5.03. The summed E-state index contributed by atoms with van der Waals surface area (Å²) < 4.78 is 26.5. The van der Waals surface area contributed by atoms with Crippen molar-refractivity contribution in [1.29, 1.82) is 0 Å². The van der Waals surface area contributed by atoms with Gasteiger partial charge < -0.3 is 15.7 Å². The van der Waals surface area contributed by atoms with Gasteiger partial charge in [-0.05, 0) is 25.0 Å². The summed E-state index contributed by atoms with van der Waals surface area (Å²) in [4.78, 5) is 11.8. The lowest BCUT2D eigenvalue weighted by Gasteiger charge is -2.30. The summed E-state index contributed by atoms with van der Waals surface area (Å²) in [6.45, 7) is 0.0132. The molecule has 1 fully saturated rings. The normalized spacial score (nSPS) is 22.4. The van der Waals surface area contributed by atoms with Gasteiger partial charge >= 0.3 is 6.03 Å². The number of benzene rings is 1. The van der Waals surface area contributed by atoms with Crippen LogP contribution in [0.25, 0.3) is 0 Å². The fourth-order valence-electron chi connectivity index (χ4n) is 2.54. The molecule has 2 unspecified atom stereocenters. The largest absolute Gasteiger partial charge is 0.396 e. The van der Waals surface area contributed by atoms with Crippen LogP contribution in [0.4, 0.5) is 19.3 Å². The maximum absolute atomic E-state index is 13.4. The van der Waals surface area contributed by atoms with Gasteiger partial charge in [0.1, 0.15) is 0 Å². The van der Waals surface area contributed by atoms with Gasteiger partial charge in [-0.3, -0.25) is 0 Å². The van der Waals surface area contributed by atoms with E-state index in [2.05, 4.69) is 10.6 Å². The Kier molecular flexibility index (Phi) is 4.89. The lowest BCUT2D eigenvalue weighted by atomic mass is 9.85. The number of halogens is 2. The molecule has 1 aromatic carbocycles. The first kappa shape index (κ1) is 14.7. The fraction of sp³-hybridized carbons (Fsp3) is 0.500. The van der Waals surface area contributed by atoms with E-state index < -0.39 is 17.7 Å². The van der Waals surface area contributed by atoms with Crippen molar-refractivity contribution in [2.75, 3.05) is 11.9 Å². The van der Waals surface area contributed by atoms with Crippen LogP contribution in [0.3, 0.4) is 0 Å². The van der Waals surface area contributed by atoms with Crippen molar-refractivity contribution in [2.24, 2.45) is 5.92 Å². The first-order valence-corrected chi connectivity index (χ1v) is 6.74. The number of nitrogens with one attached hydrogen (secondary N) is 2. The second kappa shape index (κ2) is 6.65. The molecule has 2 atom stereocenters. The zero-order valence-corrected chi connectivity index (χ0v) is 11.0. The number of hydrogen-bond donors (Lipinski definition) is 3. The molecule has 1 aliphatic rings. The molecular weight excluding hydrogens is 266 g/mol. The molecule has 0 saturated heterocycles. The van der Waals surface area contributed by atoms with Gasteiger partial charge in [-0.25, -0.2) is 13.6 Å². The molecule has 0 radical (unpaired) electrons. The predicted molar refractivity (Wildman–Crippen MR) is 71.3 cm³/mol. The Morgan fingerprint density at radius 2 is 2.05 bits per heavy atom. The molecule has 2 amide bonds. The molecule has 2 rings (SSSR count). The molecule has 0 aromatic heterocycles. The first-order chi connectivity index (χ1) is 9.61. The van der Waals surface area contributed by atoms with E-state index in [0.717, 1.165) is 31.7 Å². The number of aliphatic hydroxyl groups excluding tert-OH is 1. The van der Waals surface area contributed by atoms with E-state index in [-0.39, 0.29) is 24.3 Å². The fourth-order valence-corrected chi connectivity index (χ4v) is 2.54. The summed E-state index contributed by atoms with van der Waals surface area (Å²) in [7, 11) is 0. The van der Waals surface area contributed by atoms with Crippen molar-refractivity contribution < 1.29 is 18.7 Å². The summed E-state index contributed by atoms with van der Waals surface area (Å²) in [5, 5.41) is 14.3. The molecular formula is C14H18F2N2O2. The minimum absolute atomic E-state index is 0.0132. The van der Waals surface area contributed by atoms with Crippen molar-refractivity contribution in [1.82, 2.24) is 5.32 Å². The summed E-state index contributed by atoms with van der Waals surface area (Å²) in [5.41, 5.74) is -0.196. The summed E-state index contributed by atoms with van der Waals surface area (Å²) in [5.74, 6) is -2.06. The minimum Gasteiger partial charge on any atom is -0.396 e. The van der Waals surface area contributed by atoms with Crippen LogP contribution in [-0.2, 0) is 0 Å². The van der Waals surface area contributed by atoms with Crippen LogP contribution in [0.2, 0.25) is 0 Å². The van der Waals surface area contributed by atoms with Crippen molar-refractivity contribution in [2.45, 2.75) is 31.7 Å². The van der Waals surface area contributed by atoms with Gasteiger partial charge in [-0.1, -0.05) is 18.9 Å². The minimum atomic E-state index is -1.08. The average Bonchev–Trinajstić information content (AvgIpc) is 2.44. The van der Waals surface area contributed by atoms with Gasteiger partial charge in [0.15, 0.2) is 11.6 Å². The maximum Gasteiger partial charge on any atom is 0.319 e. The standard InChI is InChI=1S/C14H18F2N2O2/c15-10-5-3-7-12(13(10)16)18-14(20)17-11-6-2-1-4-9(11)8-19/h3,5,7,9,11,19H,1-2,4,6,8H2,(H2,17,18,20). The average molecular weight is 284 g/mol. The lowest BCUT2D eigenvalue weighted by molar-refractivity contribution is 0.156. The highest BCUT2D eigenvalue weighted by Crippen LogP contribution is 2.24. The van der Waals surface area contributed by atoms with Gasteiger partial charge in [0, 0.05) is 18.6 Å². The molecule has 1 aliphatic carbocycles. The van der Waals surface area contributed by atoms with Crippen LogP contribution in [0.15, 0.2) is 18.2 Å². The first-order valence-electron chi connectivity index (χ1n) is 6.74. The van der Waals surface area contributed by atoms with Crippen molar-refractivity contribution in [3.63, 3.8) is 0 Å². The Hall–Kier alpha value is -1.69. The van der Waals surface area contributed by atoms with Crippen LogP contribution in [0.5, 0.6) is 0 Å². The zero-order valence-electron chi connectivity index (χ0n) is 11.0. The molecule has 0 aliphatic heterocycles. The molecule has 0 spiro atoms. The Morgan fingerprint density at radius 1 is 1.30 bits per heavy atom. The highest BCUT2D eigenvalue weighted by molar-refractivity contribution is 5.89. The van der Waals surface area contributed by atoms with Crippen LogP contribution < -0.4 is 10.6 Å². The highest BCUT2D eigenvalue weighted by Gasteiger charge is 2.26. The number of carbonyl (C=O) groups excluding carboxylic acids is 1. The summed E-state index contributed by atoms with van der Waals surface area (Å²) in [6, 6.07) is 2.89. The van der Waals surface area contributed by atoms with E-state index in [0.29, 0.717) is 0 Å². The second-order valence-corrected chi connectivity index (χ2v) is 5.03. The molecule has 1 aromatic rings. The number of amides is 2. The van der Waals surface area contributed by atoms with Crippen molar-refractivity contribution in [3.8, 4) is 0 Å². The summed E-state index contributed by atoms with van der Waals surface area (Å²) >= 11 is 0. The Labute approximate surface area is 116 Å². The quantitative estimate of drug-likeness (QED) is 0.799. The highest BCUT2D eigenvalue weighted by atomic mass is 19.2. The Morgan fingerprint density at radius 3 is 2.80 bits per heavy atom. The molecule has 6 heteroatoms. The maximum atomic E-state index is 13.4. The van der Waals surface area contributed by atoms with E-state index in [1.807, 2.05) is 0 Å². The number of anilines is 1. The summed E-state index contributed by atoms with van der Waals surface area (Å²) in [6.07, 6.45) is 3.65. The van der Waals surface area contributed by atoms with Gasteiger partial charge in [0.25, 0.3) is 0 Å². The van der Waals surface area contributed by atoms with E-state index >= 15 is 0 Å². The monoisotopic (exact) mass is 284 g/mol. The molecule has 0 bridgehead atoms. The van der Waals surface area contributed by atoms with E-state index in [4.69, 9.17) is 0 Å². The van der Waals surface area contributed by atoms with Gasteiger partial charge in [-0.2, -0.15) is 0 Å². The lowest BCUT2D eigenvalue weighted by Crippen LogP contribution is -2.45. The van der Waals surface area contributed by atoms with Crippen LogP contribution in [0.1, 0.15) is 25.7 Å². The molecule has 20 heavy (non-hydrogen) atoms. The molecule has 4 nitrogen and oxygen atoms in total. The third kappa shape index (κ3) is 3.45. The smallest absolute Gasteiger partial charge is 0.319 e. The van der Waals surface area contributed by atoms with Crippen molar-refractivity contribution >= 4 is 11.7 Å². The third-order valence-corrected chi connectivity index (χ3v) is 3.66. The Bertz CT molecular complexity index is 482. The van der Waals surface area contributed by atoms with Crippen LogP contribution in [-0.4, -0.2) is 23.8 Å². The predicted octanol–water partition coefficient (Wildman–Crippen LogP) is 2.64. The number of rotatable bonds is 3. The SMILES string of the molecule is O=C(Nc1cccc(F)c1F)NC1CCCCC1CO. The van der Waals surface area contributed by atoms with E-state index in [1.165, 1.54) is 12.1 Å². The number of hydrogen-bond acceptors (Lipinski definition) is 2. The van der Waals surface area contributed by atoms with Gasteiger partial charge in [0.2, 0.25) is 0 Å². The molecule has 110 valence electrons. The van der Waals surface area contributed by atoms with Gasteiger partial charge in [-0.15, -0.1) is 0 Å². The number of carbonyl (C=O) groups is 1. The number of aliphatic hydroxyl groups is 1. The number of urea groups is 1. The topological polar surface area (TPSA) is 61.4 Å². The van der Waals surface area contributed by atoms with E-state index in [1.54, 1.807) is 0 Å². The molecule has 1 saturated carbocycles. The molecule has 0 heterocycles.